The third-order valence-corrected chi connectivity index (χ3v) is 3.53. The monoisotopic (exact) mass is 341 g/mol. The van der Waals surface area contributed by atoms with E-state index in [2.05, 4.69) is 5.32 Å². The van der Waals surface area contributed by atoms with Crippen LogP contribution in [0.5, 0.6) is 5.75 Å². The molecule has 0 saturated carbocycles. The number of benzene rings is 2. The van der Waals surface area contributed by atoms with E-state index in [1.54, 1.807) is 24.3 Å². The van der Waals surface area contributed by atoms with Crippen LogP contribution >= 0.6 is 0 Å². The molecular formula is C20H23NO4. The molecule has 0 heterocycles. The molecule has 0 aliphatic heterocycles. The Morgan fingerprint density at radius 1 is 1.04 bits per heavy atom. The van der Waals surface area contributed by atoms with Crippen molar-refractivity contribution < 1.29 is 19.1 Å². The number of nitrogens with one attached hydrogen (secondary N) is 1. The summed E-state index contributed by atoms with van der Waals surface area (Å²) in [6.07, 6.45) is 1.60. The summed E-state index contributed by atoms with van der Waals surface area (Å²) in [5.74, 6) is 0.0214. The van der Waals surface area contributed by atoms with Crippen molar-refractivity contribution >= 4 is 17.6 Å². The fourth-order valence-electron chi connectivity index (χ4n) is 2.28. The first-order valence-corrected chi connectivity index (χ1v) is 8.41. The van der Waals surface area contributed by atoms with E-state index in [0.717, 1.165) is 18.4 Å². The van der Waals surface area contributed by atoms with Crippen LogP contribution in [-0.4, -0.2) is 25.1 Å². The summed E-state index contributed by atoms with van der Waals surface area (Å²) >= 11 is 0. The van der Waals surface area contributed by atoms with Gasteiger partial charge in [0.05, 0.1) is 12.2 Å². The Kier molecular flexibility index (Phi) is 7.01. The molecule has 25 heavy (non-hydrogen) atoms. The van der Waals surface area contributed by atoms with Gasteiger partial charge in [-0.05, 0) is 42.7 Å². The van der Waals surface area contributed by atoms with Gasteiger partial charge in [-0.2, -0.15) is 0 Å². The zero-order valence-electron chi connectivity index (χ0n) is 14.6. The van der Waals surface area contributed by atoms with Crippen LogP contribution in [-0.2, 0) is 16.0 Å². The number of carbonyl (C=O) groups excluding carboxylic acids is 2. The summed E-state index contributed by atoms with van der Waals surface area (Å²) in [4.78, 5) is 23.9. The second kappa shape index (κ2) is 9.47. The second-order valence-electron chi connectivity index (χ2n) is 5.51. The number of para-hydroxylation sites is 1. The maximum atomic E-state index is 12.1. The number of esters is 1. The SMILES string of the molecule is CCCOC(=O)c1cccc(NC(=O)COc2ccccc2CC)c1. The van der Waals surface area contributed by atoms with Crippen LogP contribution in [0.3, 0.4) is 0 Å². The Morgan fingerprint density at radius 3 is 2.60 bits per heavy atom. The van der Waals surface area contributed by atoms with Gasteiger partial charge in [0.2, 0.25) is 0 Å². The van der Waals surface area contributed by atoms with Gasteiger partial charge in [-0.25, -0.2) is 4.79 Å². The van der Waals surface area contributed by atoms with Crippen molar-refractivity contribution in [1.29, 1.82) is 0 Å². The molecule has 0 aliphatic carbocycles. The highest BCUT2D eigenvalue weighted by Crippen LogP contribution is 2.18. The number of ether oxygens (including phenoxy) is 2. The molecule has 0 aromatic heterocycles. The number of hydrogen-bond acceptors (Lipinski definition) is 4. The number of hydrogen-bond donors (Lipinski definition) is 1. The zero-order chi connectivity index (χ0) is 18.1. The lowest BCUT2D eigenvalue weighted by atomic mass is 10.1. The maximum absolute atomic E-state index is 12.1. The van der Waals surface area contributed by atoms with Gasteiger partial charge in [0.25, 0.3) is 5.91 Å². The number of amides is 1. The van der Waals surface area contributed by atoms with Gasteiger partial charge in [0.15, 0.2) is 6.61 Å². The first-order valence-electron chi connectivity index (χ1n) is 8.41. The molecule has 0 fully saturated rings. The van der Waals surface area contributed by atoms with E-state index in [1.165, 1.54) is 0 Å². The summed E-state index contributed by atoms with van der Waals surface area (Å²) in [6, 6.07) is 14.3. The summed E-state index contributed by atoms with van der Waals surface area (Å²) in [5, 5.41) is 2.73. The van der Waals surface area contributed by atoms with Crippen LogP contribution in [0.15, 0.2) is 48.5 Å². The van der Waals surface area contributed by atoms with Crippen molar-refractivity contribution in [3.63, 3.8) is 0 Å². The molecule has 0 radical (unpaired) electrons. The fourth-order valence-corrected chi connectivity index (χ4v) is 2.28. The normalized spacial score (nSPS) is 10.2. The fraction of sp³-hybridized carbons (Fsp3) is 0.300. The van der Waals surface area contributed by atoms with Crippen molar-refractivity contribution in [2.24, 2.45) is 0 Å². The Bertz CT molecular complexity index is 727. The number of rotatable bonds is 8. The van der Waals surface area contributed by atoms with Gasteiger partial charge in [0, 0.05) is 5.69 Å². The summed E-state index contributed by atoms with van der Waals surface area (Å²) in [6.45, 7) is 4.24. The third-order valence-electron chi connectivity index (χ3n) is 3.53. The van der Waals surface area contributed by atoms with Gasteiger partial charge in [-0.3, -0.25) is 4.79 Å². The molecule has 1 amide bonds. The average molecular weight is 341 g/mol. The largest absolute Gasteiger partial charge is 0.483 e. The van der Waals surface area contributed by atoms with E-state index in [9.17, 15) is 9.59 Å². The van der Waals surface area contributed by atoms with Crippen LogP contribution < -0.4 is 10.1 Å². The third kappa shape index (κ3) is 5.64. The van der Waals surface area contributed by atoms with Crippen molar-refractivity contribution in [2.45, 2.75) is 26.7 Å². The molecule has 1 N–H and O–H groups in total. The predicted octanol–water partition coefficient (Wildman–Crippen LogP) is 3.83. The van der Waals surface area contributed by atoms with Gasteiger partial charge < -0.3 is 14.8 Å². The molecule has 2 aromatic carbocycles. The minimum Gasteiger partial charge on any atom is -0.483 e. The van der Waals surface area contributed by atoms with E-state index in [-0.39, 0.29) is 12.5 Å². The quantitative estimate of drug-likeness (QED) is 0.741. The summed E-state index contributed by atoms with van der Waals surface area (Å²) in [7, 11) is 0. The maximum Gasteiger partial charge on any atom is 0.338 e. The van der Waals surface area contributed by atoms with E-state index >= 15 is 0 Å². The van der Waals surface area contributed by atoms with Crippen molar-refractivity contribution in [3.05, 3.63) is 59.7 Å². The first kappa shape index (κ1) is 18.5. The van der Waals surface area contributed by atoms with E-state index in [4.69, 9.17) is 9.47 Å². The summed E-state index contributed by atoms with van der Waals surface area (Å²) in [5.41, 5.74) is 1.99. The Morgan fingerprint density at radius 2 is 1.84 bits per heavy atom. The molecule has 132 valence electrons. The van der Waals surface area contributed by atoms with Gasteiger partial charge in [-0.15, -0.1) is 0 Å². The second-order valence-corrected chi connectivity index (χ2v) is 5.51. The molecule has 0 aliphatic rings. The molecule has 2 aromatic rings. The first-order chi connectivity index (χ1) is 12.1. The van der Waals surface area contributed by atoms with Gasteiger partial charge >= 0.3 is 5.97 Å². The lowest BCUT2D eigenvalue weighted by molar-refractivity contribution is -0.118. The smallest absolute Gasteiger partial charge is 0.338 e. The van der Waals surface area contributed by atoms with Crippen LogP contribution in [0.2, 0.25) is 0 Å². The van der Waals surface area contributed by atoms with E-state index in [0.29, 0.717) is 23.6 Å². The average Bonchev–Trinajstić information content (AvgIpc) is 2.64. The minimum atomic E-state index is -0.397. The standard InChI is InChI=1S/C20H23NO4/c1-3-12-24-20(23)16-9-7-10-17(13-16)21-19(22)14-25-18-11-6-5-8-15(18)4-2/h5-11,13H,3-4,12,14H2,1-2H3,(H,21,22). The van der Waals surface area contributed by atoms with Crippen molar-refractivity contribution in [1.82, 2.24) is 0 Å². The molecule has 0 bridgehead atoms. The highest BCUT2D eigenvalue weighted by molar-refractivity contribution is 5.95. The molecular weight excluding hydrogens is 318 g/mol. The molecule has 0 atom stereocenters. The lowest BCUT2D eigenvalue weighted by Crippen LogP contribution is -2.20. The Hall–Kier alpha value is -2.82. The van der Waals surface area contributed by atoms with Crippen LogP contribution in [0.25, 0.3) is 0 Å². The number of carbonyl (C=O) groups is 2. The Balaban J connectivity index is 1.93. The van der Waals surface area contributed by atoms with E-state index in [1.807, 2.05) is 38.1 Å². The molecule has 2 rings (SSSR count). The molecule has 0 spiro atoms. The molecule has 0 saturated heterocycles. The van der Waals surface area contributed by atoms with Crippen LogP contribution in [0, 0.1) is 0 Å². The number of anilines is 1. The van der Waals surface area contributed by atoms with Crippen molar-refractivity contribution in [3.8, 4) is 5.75 Å². The van der Waals surface area contributed by atoms with Gasteiger partial charge in [-0.1, -0.05) is 38.1 Å². The van der Waals surface area contributed by atoms with Crippen molar-refractivity contribution in [2.75, 3.05) is 18.5 Å². The van der Waals surface area contributed by atoms with Crippen LogP contribution in [0.1, 0.15) is 36.2 Å². The van der Waals surface area contributed by atoms with Crippen LogP contribution in [0.4, 0.5) is 5.69 Å². The lowest BCUT2D eigenvalue weighted by Gasteiger charge is -2.11. The topological polar surface area (TPSA) is 64.6 Å². The zero-order valence-corrected chi connectivity index (χ0v) is 14.6. The molecule has 5 heteroatoms. The number of aryl methyl sites for hydroxylation is 1. The molecule has 5 nitrogen and oxygen atoms in total. The Labute approximate surface area is 148 Å². The predicted molar refractivity (Wildman–Crippen MR) is 97.0 cm³/mol. The minimum absolute atomic E-state index is 0.0957. The highest BCUT2D eigenvalue weighted by Gasteiger charge is 2.10. The molecule has 0 unspecified atom stereocenters. The van der Waals surface area contributed by atoms with E-state index < -0.39 is 5.97 Å². The highest BCUT2D eigenvalue weighted by atomic mass is 16.5. The summed E-state index contributed by atoms with van der Waals surface area (Å²) < 4.78 is 10.7. The van der Waals surface area contributed by atoms with Gasteiger partial charge in [0.1, 0.15) is 5.75 Å².